The first kappa shape index (κ1) is 23.1. The van der Waals surface area contributed by atoms with Gasteiger partial charge in [0.05, 0.1) is 35.4 Å². The van der Waals surface area contributed by atoms with Crippen molar-refractivity contribution in [3.63, 3.8) is 0 Å². The summed E-state index contributed by atoms with van der Waals surface area (Å²) in [5, 5.41) is 5.62. The number of nitrogens with one attached hydrogen (secondary N) is 2. The van der Waals surface area contributed by atoms with Crippen molar-refractivity contribution in [1.82, 2.24) is 10.6 Å². The fraction of sp³-hybridized carbons (Fsp3) is 0.524. The van der Waals surface area contributed by atoms with E-state index in [1.807, 2.05) is 26.8 Å². The van der Waals surface area contributed by atoms with Crippen molar-refractivity contribution >= 4 is 27.9 Å². The lowest BCUT2D eigenvalue weighted by Gasteiger charge is -2.30. The van der Waals surface area contributed by atoms with E-state index in [9.17, 15) is 9.59 Å². The molecule has 1 aliphatic rings. The molecule has 0 spiro atoms. The van der Waals surface area contributed by atoms with E-state index in [4.69, 9.17) is 14.2 Å². The highest BCUT2D eigenvalue weighted by Gasteiger charge is 2.34. The van der Waals surface area contributed by atoms with Crippen LogP contribution in [0.25, 0.3) is 0 Å². The summed E-state index contributed by atoms with van der Waals surface area (Å²) < 4.78 is 17.6. The van der Waals surface area contributed by atoms with Crippen LogP contribution in [0.1, 0.15) is 59.1 Å². The average Bonchev–Trinajstić information content (AvgIpc) is 2.63. The lowest BCUT2D eigenvalue weighted by Crippen LogP contribution is -2.46. The molecule has 0 aromatic heterocycles. The summed E-state index contributed by atoms with van der Waals surface area (Å²) in [6.07, 6.45) is 1.06. The lowest BCUT2D eigenvalue weighted by molar-refractivity contribution is -0.143. The molecule has 0 saturated heterocycles. The number of allylic oxidation sites excluding steroid dienone is 1. The zero-order valence-electron chi connectivity index (χ0n) is 17.6. The van der Waals surface area contributed by atoms with E-state index in [2.05, 4.69) is 26.6 Å². The second-order valence-corrected chi connectivity index (χ2v) is 7.68. The quantitative estimate of drug-likeness (QED) is 0.516. The molecule has 1 aromatic carbocycles. The van der Waals surface area contributed by atoms with Crippen molar-refractivity contribution in [2.75, 3.05) is 13.2 Å². The molecular formula is C21H29BrN2O5. The van der Waals surface area contributed by atoms with Gasteiger partial charge in [-0.25, -0.2) is 9.59 Å². The van der Waals surface area contributed by atoms with Gasteiger partial charge in [-0.3, -0.25) is 0 Å². The number of halogens is 1. The smallest absolute Gasteiger partial charge is 0.338 e. The Bertz CT molecular complexity index is 792. The predicted molar refractivity (Wildman–Crippen MR) is 114 cm³/mol. The highest BCUT2D eigenvalue weighted by Crippen LogP contribution is 2.40. The second-order valence-electron chi connectivity index (χ2n) is 6.82. The minimum absolute atomic E-state index is 0.276. The number of ether oxygens (including phenoxy) is 3. The summed E-state index contributed by atoms with van der Waals surface area (Å²) in [5.41, 5.74) is 1.68. The Morgan fingerprint density at radius 3 is 2.45 bits per heavy atom. The van der Waals surface area contributed by atoms with Crippen LogP contribution >= 0.6 is 15.9 Å². The molecule has 2 rings (SSSR count). The molecule has 0 radical (unpaired) electrons. The molecule has 7 nitrogen and oxygen atoms in total. The van der Waals surface area contributed by atoms with Crippen LogP contribution in [0.5, 0.6) is 11.5 Å². The third-order valence-electron chi connectivity index (χ3n) is 4.17. The maximum Gasteiger partial charge on any atom is 0.338 e. The first-order valence-electron chi connectivity index (χ1n) is 9.92. The molecule has 2 amide bonds. The summed E-state index contributed by atoms with van der Waals surface area (Å²) in [6, 6.07) is 2.60. The van der Waals surface area contributed by atoms with Crippen molar-refractivity contribution in [3.05, 3.63) is 33.4 Å². The minimum atomic E-state index is -0.664. The fourth-order valence-corrected chi connectivity index (χ4v) is 3.71. The Balaban J connectivity index is 2.60. The SMILES string of the molecule is CCCC1=C(C(=O)OC(C)C)C(c2cc(Br)c(OCC)c(OCC)c2)NC(=O)N1. The van der Waals surface area contributed by atoms with Crippen LogP contribution in [0.3, 0.4) is 0 Å². The number of carbonyl (C=O) groups excluding carboxylic acids is 2. The highest BCUT2D eigenvalue weighted by molar-refractivity contribution is 9.10. The van der Waals surface area contributed by atoms with Crippen LogP contribution in [-0.4, -0.2) is 31.3 Å². The normalized spacial score (nSPS) is 16.4. The molecular weight excluding hydrogens is 440 g/mol. The third-order valence-corrected chi connectivity index (χ3v) is 4.76. The monoisotopic (exact) mass is 468 g/mol. The molecule has 0 bridgehead atoms. The maximum atomic E-state index is 12.9. The van der Waals surface area contributed by atoms with Crippen LogP contribution in [0.4, 0.5) is 4.79 Å². The molecule has 0 saturated carbocycles. The Labute approximate surface area is 180 Å². The number of urea groups is 1. The van der Waals surface area contributed by atoms with E-state index in [0.717, 1.165) is 6.42 Å². The fourth-order valence-electron chi connectivity index (χ4n) is 3.14. The molecule has 0 aliphatic carbocycles. The maximum absolute atomic E-state index is 12.9. The van der Waals surface area contributed by atoms with Crippen molar-refractivity contribution < 1.29 is 23.8 Å². The Morgan fingerprint density at radius 1 is 1.17 bits per heavy atom. The average molecular weight is 469 g/mol. The third kappa shape index (κ3) is 5.65. The molecule has 1 heterocycles. The summed E-state index contributed by atoms with van der Waals surface area (Å²) in [5.74, 6) is 0.673. The molecule has 8 heteroatoms. The van der Waals surface area contributed by atoms with Crippen molar-refractivity contribution in [2.45, 2.75) is 59.6 Å². The van der Waals surface area contributed by atoms with Crippen molar-refractivity contribution in [2.24, 2.45) is 0 Å². The van der Waals surface area contributed by atoms with Crippen LogP contribution in [0.15, 0.2) is 27.9 Å². The summed E-state index contributed by atoms with van der Waals surface area (Å²) in [7, 11) is 0. The van der Waals surface area contributed by atoms with E-state index in [0.29, 0.717) is 52.4 Å². The topological polar surface area (TPSA) is 85.9 Å². The number of benzene rings is 1. The van der Waals surface area contributed by atoms with Gasteiger partial charge in [-0.1, -0.05) is 13.3 Å². The van der Waals surface area contributed by atoms with Crippen molar-refractivity contribution in [3.8, 4) is 11.5 Å². The van der Waals surface area contributed by atoms with E-state index in [-0.39, 0.29) is 12.1 Å². The van der Waals surface area contributed by atoms with Gasteiger partial charge in [0.25, 0.3) is 0 Å². The predicted octanol–water partition coefficient (Wildman–Crippen LogP) is 4.61. The van der Waals surface area contributed by atoms with Crippen molar-refractivity contribution in [1.29, 1.82) is 0 Å². The first-order valence-corrected chi connectivity index (χ1v) is 10.7. The summed E-state index contributed by atoms with van der Waals surface area (Å²) in [6.45, 7) is 10.3. The zero-order valence-corrected chi connectivity index (χ0v) is 19.1. The largest absolute Gasteiger partial charge is 0.490 e. The molecule has 1 unspecified atom stereocenters. The number of hydrogen-bond donors (Lipinski definition) is 2. The zero-order chi connectivity index (χ0) is 21.6. The second kappa shape index (κ2) is 10.5. The van der Waals surface area contributed by atoms with Gasteiger partial charge < -0.3 is 24.8 Å². The van der Waals surface area contributed by atoms with E-state index >= 15 is 0 Å². The van der Waals surface area contributed by atoms with Gasteiger partial charge in [-0.15, -0.1) is 0 Å². The minimum Gasteiger partial charge on any atom is -0.490 e. The molecule has 2 N–H and O–H groups in total. The highest BCUT2D eigenvalue weighted by atomic mass is 79.9. The number of hydrogen-bond acceptors (Lipinski definition) is 5. The lowest BCUT2D eigenvalue weighted by atomic mass is 9.93. The molecule has 160 valence electrons. The summed E-state index contributed by atoms with van der Waals surface area (Å²) >= 11 is 3.53. The van der Waals surface area contributed by atoms with Gasteiger partial charge in [0.1, 0.15) is 0 Å². The van der Waals surface area contributed by atoms with Gasteiger partial charge in [0, 0.05) is 5.70 Å². The number of esters is 1. The van der Waals surface area contributed by atoms with Gasteiger partial charge in [-0.05, 0) is 67.7 Å². The number of rotatable bonds is 9. The van der Waals surface area contributed by atoms with E-state index in [1.165, 1.54) is 0 Å². The molecule has 29 heavy (non-hydrogen) atoms. The summed E-state index contributed by atoms with van der Waals surface area (Å²) in [4.78, 5) is 25.2. The van der Waals surface area contributed by atoms with Crippen LogP contribution < -0.4 is 20.1 Å². The first-order chi connectivity index (χ1) is 13.8. The Kier molecular flexibility index (Phi) is 8.37. The molecule has 0 fully saturated rings. The van der Waals surface area contributed by atoms with E-state index < -0.39 is 12.0 Å². The Hall–Kier alpha value is -2.22. The van der Waals surface area contributed by atoms with Gasteiger partial charge in [0.2, 0.25) is 0 Å². The van der Waals surface area contributed by atoms with Crippen LogP contribution in [0, 0.1) is 0 Å². The number of amides is 2. The Morgan fingerprint density at radius 2 is 1.86 bits per heavy atom. The standard InChI is InChI=1S/C21H29BrN2O5/c1-6-9-15-17(20(25)29-12(4)5)18(24-21(26)23-15)13-10-14(22)19(28-8-3)16(11-13)27-7-2/h10-12,18H,6-9H2,1-5H3,(H2,23,24,26). The van der Waals surface area contributed by atoms with Crippen LogP contribution in [0.2, 0.25) is 0 Å². The molecule has 1 atom stereocenters. The van der Waals surface area contributed by atoms with E-state index in [1.54, 1.807) is 19.9 Å². The van der Waals surface area contributed by atoms with Crippen LogP contribution in [-0.2, 0) is 9.53 Å². The molecule has 1 aliphatic heterocycles. The van der Waals surface area contributed by atoms with Gasteiger partial charge >= 0.3 is 12.0 Å². The number of carbonyl (C=O) groups is 2. The van der Waals surface area contributed by atoms with Gasteiger partial charge in [-0.2, -0.15) is 0 Å². The molecule has 1 aromatic rings. The van der Waals surface area contributed by atoms with Gasteiger partial charge in [0.15, 0.2) is 11.5 Å².